The second-order valence-electron chi connectivity index (χ2n) is 17.9. The van der Waals surface area contributed by atoms with Crippen molar-refractivity contribution in [2.45, 2.75) is 257 Å². The Balaban J connectivity index is 4.74. The Bertz CT molecular complexity index is 1290. The summed E-state index contributed by atoms with van der Waals surface area (Å²) in [6, 6.07) is -0.726. The highest BCUT2D eigenvalue weighted by atomic mass is 16.5. The first-order valence-corrected chi connectivity index (χ1v) is 27.0. The van der Waals surface area contributed by atoms with Gasteiger partial charge >= 0.3 is 5.97 Å². The van der Waals surface area contributed by atoms with E-state index in [2.05, 4.69) is 117 Å². The topological polar surface area (TPSA) is 95.9 Å². The highest BCUT2D eigenvalue weighted by molar-refractivity contribution is 5.77. The molecule has 0 aliphatic carbocycles. The van der Waals surface area contributed by atoms with Crippen molar-refractivity contribution in [2.24, 2.45) is 0 Å². The van der Waals surface area contributed by atoms with E-state index in [4.69, 9.17) is 4.74 Å². The number of carbonyl (C=O) groups is 2. The maximum atomic E-state index is 13.2. The summed E-state index contributed by atoms with van der Waals surface area (Å²) in [5.74, 6) is -0.592. The molecule has 0 aliphatic heterocycles. The highest BCUT2D eigenvalue weighted by Crippen LogP contribution is 2.17. The van der Waals surface area contributed by atoms with Gasteiger partial charge < -0.3 is 20.3 Å². The predicted molar refractivity (Wildman–Crippen MR) is 282 cm³/mol. The third-order valence-corrected chi connectivity index (χ3v) is 11.7. The van der Waals surface area contributed by atoms with Gasteiger partial charge in [0.05, 0.1) is 25.2 Å². The molecule has 0 rings (SSSR count). The van der Waals surface area contributed by atoms with Gasteiger partial charge in [-0.3, -0.25) is 9.59 Å². The van der Waals surface area contributed by atoms with Crippen LogP contribution >= 0.6 is 0 Å². The van der Waals surface area contributed by atoms with Crippen molar-refractivity contribution in [3.05, 3.63) is 97.2 Å². The normalized spacial score (nSPS) is 14.0. The Morgan fingerprint density at radius 1 is 0.462 bits per heavy atom. The number of rotatable bonds is 47. The molecule has 0 aliphatic rings. The summed E-state index contributed by atoms with van der Waals surface area (Å²) in [5.41, 5.74) is 0. The molecule has 0 fully saturated rings. The molecule has 0 saturated heterocycles. The second kappa shape index (κ2) is 51.8. The average molecular weight is 904 g/mol. The lowest BCUT2D eigenvalue weighted by atomic mass is 10.0. The highest BCUT2D eigenvalue weighted by Gasteiger charge is 2.24. The molecule has 6 nitrogen and oxygen atoms in total. The minimum atomic E-state index is -0.809. The van der Waals surface area contributed by atoms with E-state index in [1.807, 2.05) is 6.08 Å². The molecule has 0 aromatic rings. The van der Waals surface area contributed by atoms with Crippen LogP contribution < -0.4 is 5.32 Å². The van der Waals surface area contributed by atoms with E-state index in [0.29, 0.717) is 19.3 Å². The molecule has 3 atom stereocenters. The summed E-state index contributed by atoms with van der Waals surface area (Å²) in [6.07, 6.45) is 69.0. The van der Waals surface area contributed by atoms with Crippen LogP contribution in [0.25, 0.3) is 0 Å². The van der Waals surface area contributed by atoms with Gasteiger partial charge in [0.1, 0.15) is 6.10 Å². The van der Waals surface area contributed by atoms with Gasteiger partial charge in [-0.25, -0.2) is 0 Å². The Morgan fingerprint density at radius 3 is 1.29 bits per heavy atom. The van der Waals surface area contributed by atoms with Crippen molar-refractivity contribution in [1.29, 1.82) is 0 Å². The molecule has 65 heavy (non-hydrogen) atoms. The van der Waals surface area contributed by atoms with Gasteiger partial charge in [-0.1, -0.05) is 227 Å². The number of ether oxygens (including phenoxy) is 1. The summed E-state index contributed by atoms with van der Waals surface area (Å²) < 4.78 is 5.90. The van der Waals surface area contributed by atoms with Crippen LogP contribution in [0, 0.1) is 0 Å². The molecule has 3 N–H and O–H groups in total. The Kier molecular flexibility index (Phi) is 49.2. The smallest absolute Gasteiger partial charge is 0.306 e. The van der Waals surface area contributed by atoms with Crippen LogP contribution in [0.4, 0.5) is 0 Å². The fraction of sp³-hybridized carbons (Fsp3) is 0.695. The summed E-state index contributed by atoms with van der Waals surface area (Å²) in [6.45, 7) is 6.32. The van der Waals surface area contributed by atoms with Gasteiger partial charge in [-0.15, -0.1) is 0 Å². The molecule has 3 unspecified atom stereocenters. The van der Waals surface area contributed by atoms with Crippen LogP contribution in [0.5, 0.6) is 0 Å². The van der Waals surface area contributed by atoms with Gasteiger partial charge in [0.2, 0.25) is 5.91 Å². The first kappa shape index (κ1) is 61.8. The number of hydrogen-bond donors (Lipinski definition) is 3. The van der Waals surface area contributed by atoms with E-state index in [9.17, 15) is 19.8 Å². The van der Waals surface area contributed by atoms with Crippen molar-refractivity contribution in [2.75, 3.05) is 6.61 Å². The molecule has 372 valence electrons. The molecule has 0 aromatic heterocycles. The quantitative estimate of drug-likeness (QED) is 0.0321. The van der Waals surface area contributed by atoms with Crippen LogP contribution in [0.2, 0.25) is 0 Å². The van der Waals surface area contributed by atoms with Crippen molar-refractivity contribution in [3.63, 3.8) is 0 Å². The van der Waals surface area contributed by atoms with E-state index in [1.165, 1.54) is 83.5 Å². The lowest BCUT2D eigenvalue weighted by Crippen LogP contribution is -2.46. The summed E-state index contributed by atoms with van der Waals surface area (Å²) in [5, 5.41) is 23.8. The summed E-state index contributed by atoms with van der Waals surface area (Å²) in [4.78, 5) is 26.2. The number of amides is 1. The van der Waals surface area contributed by atoms with Gasteiger partial charge in [-0.05, 0) is 96.3 Å². The van der Waals surface area contributed by atoms with Gasteiger partial charge in [0.25, 0.3) is 0 Å². The minimum Gasteiger partial charge on any atom is -0.462 e. The minimum absolute atomic E-state index is 0.0331. The van der Waals surface area contributed by atoms with Crippen LogP contribution in [-0.4, -0.2) is 46.9 Å². The largest absolute Gasteiger partial charge is 0.462 e. The number of allylic oxidation sites excluding steroid dienone is 16. The number of carbonyl (C=O) groups excluding carboxylic acids is 2. The van der Waals surface area contributed by atoms with Crippen LogP contribution in [-0.2, 0) is 14.3 Å². The lowest BCUT2D eigenvalue weighted by molar-refractivity contribution is -0.150. The monoisotopic (exact) mass is 904 g/mol. The number of hydrogen-bond acceptors (Lipinski definition) is 5. The standard InChI is InChI=1S/C59H101NO5/c1-4-7-10-13-16-19-22-25-27-28-29-30-32-34-37-40-43-46-49-52-59(64)65-55(50-47-44-41-38-35-33-31-26-23-20-17-14-11-8-5-2)53-58(63)60-56(54-61)57(62)51-48-45-42-39-36-24-21-18-15-12-9-6-3/h7,10,16-17,19-20,25-27,29-31,34,37,43,46,55-57,61-62H,4-6,8-9,11-15,18,21-24,28,32-33,35-36,38-42,44-45,47-54H2,1-3H3,(H,60,63)/b10-7-,19-16-,20-17-,27-25-,30-29-,31-26-,37-34-,46-43-. The van der Waals surface area contributed by atoms with E-state index in [1.54, 1.807) is 0 Å². The van der Waals surface area contributed by atoms with Crippen LogP contribution in [0.3, 0.4) is 0 Å². The van der Waals surface area contributed by atoms with Crippen molar-refractivity contribution >= 4 is 11.9 Å². The van der Waals surface area contributed by atoms with Crippen molar-refractivity contribution in [1.82, 2.24) is 5.32 Å². The van der Waals surface area contributed by atoms with Gasteiger partial charge in [-0.2, -0.15) is 0 Å². The summed E-state index contributed by atoms with van der Waals surface area (Å²) >= 11 is 0. The molecule has 1 amide bonds. The fourth-order valence-electron chi connectivity index (χ4n) is 7.60. The molecular weight excluding hydrogens is 803 g/mol. The van der Waals surface area contributed by atoms with E-state index in [0.717, 1.165) is 103 Å². The molecule has 6 heteroatoms. The number of aliphatic hydroxyl groups is 2. The second-order valence-corrected chi connectivity index (χ2v) is 17.9. The number of aliphatic hydroxyl groups excluding tert-OH is 2. The Labute approximate surface area is 401 Å². The molecule has 0 heterocycles. The maximum Gasteiger partial charge on any atom is 0.306 e. The van der Waals surface area contributed by atoms with E-state index in [-0.39, 0.29) is 31.3 Å². The number of nitrogens with one attached hydrogen (secondary N) is 1. The third kappa shape index (κ3) is 47.1. The fourth-order valence-corrected chi connectivity index (χ4v) is 7.60. The number of unbranched alkanes of at least 4 members (excludes halogenated alkanes) is 19. The first-order chi connectivity index (χ1) is 32.0. The molecule has 0 radical (unpaired) electrons. The number of esters is 1. The zero-order valence-corrected chi connectivity index (χ0v) is 42.3. The van der Waals surface area contributed by atoms with E-state index < -0.39 is 18.2 Å². The van der Waals surface area contributed by atoms with Crippen LogP contribution in [0.15, 0.2) is 97.2 Å². The van der Waals surface area contributed by atoms with Crippen LogP contribution in [0.1, 0.15) is 239 Å². The average Bonchev–Trinajstić information content (AvgIpc) is 3.30. The Hall–Kier alpha value is -3.22. The molecule has 0 bridgehead atoms. The SMILES string of the molecule is CC/C=C\C/C=C\C/C=C\C/C=C\C/C=C\C/C=C\CCC(=O)OC(CCCCCCC/C=C\C/C=C\CCCCC)CC(=O)NC(CO)C(O)CCCCCCCCCCCCCC. The predicted octanol–water partition coefficient (Wildman–Crippen LogP) is 16.5. The molecule has 0 saturated carbocycles. The summed E-state index contributed by atoms with van der Waals surface area (Å²) in [7, 11) is 0. The molecule has 0 aromatic carbocycles. The zero-order chi connectivity index (χ0) is 47.4. The maximum absolute atomic E-state index is 13.2. The molecular formula is C59H101NO5. The third-order valence-electron chi connectivity index (χ3n) is 11.7. The lowest BCUT2D eigenvalue weighted by Gasteiger charge is -2.24. The molecule has 0 spiro atoms. The van der Waals surface area contributed by atoms with E-state index >= 15 is 0 Å². The first-order valence-electron chi connectivity index (χ1n) is 27.0. The van der Waals surface area contributed by atoms with Gasteiger partial charge in [0, 0.05) is 6.42 Å². The Morgan fingerprint density at radius 2 is 0.831 bits per heavy atom. The van der Waals surface area contributed by atoms with Gasteiger partial charge in [0.15, 0.2) is 0 Å². The zero-order valence-electron chi connectivity index (χ0n) is 42.3. The van der Waals surface area contributed by atoms with Crippen molar-refractivity contribution in [3.8, 4) is 0 Å². The van der Waals surface area contributed by atoms with Crippen molar-refractivity contribution < 1.29 is 24.5 Å².